The SMILES string of the molecule is CCOC(=O)C(C)CNCCNC(C)=O. The third-order valence-electron chi connectivity index (χ3n) is 1.82. The summed E-state index contributed by atoms with van der Waals surface area (Å²) < 4.78 is 4.85. The summed E-state index contributed by atoms with van der Waals surface area (Å²) in [4.78, 5) is 21.7. The summed E-state index contributed by atoms with van der Waals surface area (Å²) in [5.41, 5.74) is 0. The van der Waals surface area contributed by atoms with Crippen molar-refractivity contribution in [3.63, 3.8) is 0 Å². The van der Waals surface area contributed by atoms with Crippen molar-refractivity contribution >= 4 is 11.9 Å². The molecule has 0 spiro atoms. The minimum absolute atomic E-state index is 0.0461. The maximum absolute atomic E-state index is 11.2. The predicted octanol–water partition coefficient (Wildman–Crippen LogP) is -0.0887. The van der Waals surface area contributed by atoms with Gasteiger partial charge in [-0.1, -0.05) is 6.92 Å². The number of amides is 1. The first-order chi connectivity index (χ1) is 7.07. The van der Waals surface area contributed by atoms with E-state index >= 15 is 0 Å². The van der Waals surface area contributed by atoms with Crippen molar-refractivity contribution in [3.8, 4) is 0 Å². The van der Waals surface area contributed by atoms with Crippen LogP contribution < -0.4 is 10.6 Å². The lowest BCUT2D eigenvalue weighted by Crippen LogP contribution is -2.34. The van der Waals surface area contributed by atoms with Crippen LogP contribution in [0, 0.1) is 5.92 Å². The Morgan fingerprint density at radius 1 is 1.33 bits per heavy atom. The van der Waals surface area contributed by atoms with Crippen LogP contribution in [0.1, 0.15) is 20.8 Å². The summed E-state index contributed by atoms with van der Waals surface area (Å²) in [6.45, 7) is 7.28. The van der Waals surface area contributed by atoms with Crippen LogP contribution in [-0.4, -0.2) is 38.1 Å². The molecule has 2 N–H and O–H groups in total. The highest BCUT2D eigenvalue weighted by Gasteiger charge is 2.12. The van der Waals surface area contributed by atoms with Crippen LogP contribution in [0.3, 0.4) is 0 Å². The average Bonchev–Trinajstić information content (AvgIpc) is 2.16. The standard InChI is InChI=1S/C10H20N2O3/c1-4-15-10(14)8(2)7-11-5-6-12-9(3)13/h8,11H,4-7H2,1-3H3,(H,12,13). The van der Waals surface area contributed by atoms with Crippen molar-refractivity contribution in [3.05, 3.63) is 0 Å². The van der Waals surface area contributed by atoms with Gasteiger partial charge in [0.1, 0.15) is 0 Å². The van der Waals surface area contributed by atoms with Gasteiger partial charge in [0, 0.05) is 26.6 Å². The fraction of sp³-hybridized carbons (Fsp3) is 0.800. The van der Waals surface area contributed by atoms with Crippen LogP contribution in [0.4, 0.5) is 0 Å². The molecule has 5 heteroatoms. The van der Waals surface area contributed by atoms with E-state index in [0.29, 0.717) is 26.2 Å². The number of nitrogens with one attached hydrogen (secondary N) is 2. The van der Waals surface area contributed by atoms with E-state index in [1.54, 1.807) is 6.92 Å². The van der Waals surface area contributed by atoms with E-state index in [9.17, 15) is 9.59 Å². The van der Waals surface area contributed by atoms with Crippen LogP contribution in [0.25, 0.3) is 0 Å². The van der Waals surface area contributed by atoms with Gasteiger partial charge in [-0.25, -0.2) is 0 Å². The predicted molar refractivity (Wildman–Crippen MR) is 57.4 cm³/mol. The molecule has 15 heavy (non-hydrogen) atoms. The highest BCUT2D eigenvalue weighted by Crippen LogP contribution is 1.95. The third kappa shape index (κ3) is 7.93. The molecule has 0 heterocycles. The Morgan fingerprint density at radius 3 is 2.53 bits per heavy atom. The number of hydrogen-bond acceptors (Lipinski definition) is 4. The zero-order valence-corrected chi connectivity index (χ0v) is 9.63. The summed E-state index contributed by atoms with van der Waals surface area (Å²) >= 11 is 0. The highest BCUT2D eigenvalue weighted by molar-refractivity contribution is 5.72. The molecule has 0 aliphatic carbocycles. The molecule has 0 aromatic rings. The largest absolute Gasteiger partial charge is 0.466 e. The van der Waals surface area contributed by atoms with Gasteiger partial charge in [-0.2, -0.15) is 0 Å². The minimum Gasteiger partial charge on any atom is -0.466 e. The monoisotopic (exact) mass is 216 g/mol. The summed E-state index contributed by atoms with van der Waals surface area (Å²) in [5, 5.41) is 5.72. The van der Waals surface area contributed by atoms with Crippen LogP contribution >= 0.6 is 0 Å². The maximum atomic E-state index is 11.2. The molecule has 1 amide bonds. The molecular formula is C10H20N2O3. The van der Waals surface area contributed by atoms with Crippen molar-refractivity contribution in [2.24, 2.45) is 5.92 Å². The molecule has 0 bridgehead atoms. The second-order valence-electron chi connectivity index (χ2n) is 3.34. The first-order valence-corrected chi connectivity index (χ1v) is 5.19. The molecule has 1 unspecified atom stereocenters. The van der Waals surface area contributed by atoms with Gasteiger partial charge < -0.3 is 15.4 Å². The van der Waals surface area contributed by atoms with Gasteiger partial charge in [0.2, 0.25) is 5.91 Å². The van der Waals surface area contributed by atoms with E-state index in [4.69, 9.17) is 4.74 Å². The van der Waals surface area contributed by atoms with E-state index in [2.05, 4.69) is 10.6 Å². The van der Waals surface area contributed by atoms with Crippen molar-refractivity contribution in [1.82, 2.24) is 10.6 Å². The summed E-state index contributed by atoms with van der Waals surface area (Å²) in [6, 6.07) is 0. The number of rotatable bonds is 7. The van der Waals surface area contributed by atoms with Gasteiger partial charge in [0.25, 0.3) is 0 Å². The quantitative estimate of drug-likeness (QED) is 0.461. The molecule has 0 aromatic carbocycles. The number of carbonyl (C=O) groups excluding carboxylic acids is 2. The second kappa shape index (κ2) is 8.23. The lowest BCUT2D eigenvalue weighted by atomic mass is 10.2. The molecule has 88 valence electrons. The highest BCUT2D eigenvalue weighted by atomic mass is 16.5. The van der Waals surface area contributed by atoms with Crippen molar-refractivity contribution < 1.29 is 14.3 Å². The molecule has 0 aromatic heterocycles. The van der Waals surface area contributed by atoms with Crippen LogP contribution in [0.2, 0.25) is 0 Å². The lowest BCUT2D eigenvalue weighted by molar-refractivity contribution is -0.147. The van der Waals surface area contributed by atoms with Gasteiger partial charge in [-0.05, 0) is 6.92 Å². The van der Waals surface area contributed by atoms with Gasteiger partial charge >= 0.3 is 5.97 Å². The van der Waals surface area contributed by atoms with E-state index in [-0.39, 0.29) is 17.8 Å². The van der Waals surface area contributed by atoms with Crippen molar-refractivity contribution in [2.75, 3.05) is 26.2 Å². The molecule has 0 saturated carbocycles. The van der Waals surface area contributed by atoms with Crippen LogP contribution in [0.5, 0.6) is 0 Å². The Kier molecular flexibility index (Phi) is 7.62. The fourth-order valence-electron chi connectivity index (χ4n) is 1.01. The molecule has 1 atom stereocenters. The van der Waals surface area contributed by atoms with Gasteiger partial charge in [-0.3, -0.25) is 9.59 Å². The molecule has 5 nitrogen and oxygen atoms in total. The molecule has 0 fully saturated rings. The molecular weight excluding hydrogens is 196 g/mol. The van der Waals surface area contributed by atoms with Crippen molar-refractivity contribution in [2.45, 2.75) is 20.8 Å². The Bertz CT molecular complexity index is 207. The molecule has 0 aliphatic heterocycles. The first kappa shape index (κ1) is 13.9. The normalized spacial score (nSPS) is 11.9. The Hall–Kier alpha value is -1.10. The number of ether oxygens (including phenoxy) is 1. The molecule has 0 rings (SSSR count). The van der Waals surface area contributed by atoms with E-state index in [1.807, 2.05) is 6.92 Å². The Balaban J connectivity index is 3.42. The summed E-state index contributed by atoms with van der Waals surface area (Å²) in [7, 11) is 0. The smallest absolute Gasteiger partial charge is 0.309 e. The zero-order valence-electron chi connectivity index (χ0n) is 9.63. The van der Waals surface area contributed by atoms with E-state index in [0.717, 1.165) is 0 Å². The molecule has 0 saturated heterocycles. The van der Waals surface area contributed by atoms with Crippen molar-refractivity contribution in [1.29, 1.82) is 0 Å². The van der Waals surface area contributed by atoms with Gasteiger partial charge in [0.05, 0.1) is 12.5 Å². The fourth-order valence-corrected chi connectivity index (χ4v) is 1.01. The Morgan fingerprint density at radius 2 is 2.00 bits per heavy atom. The third-order valence-corrected chi connectivity index (χ3v) is 1.82. The molecule has 0 aliphatic rings. The minimum atomic E-state index is -0.190. The summed E-state index contributed by atoms with van der Waals surface area (Å²) in [5.74, 6) is -0.387. The average molecular weight is 216 g/mol. The number of esters is 1. The molecule has 0 radical (unpaired) electrons. The van der Waals surface area contributed by atoms with Crippen LogP contribution in [-0.2, 0) is 14.3 Å². The van der Waals surface area contributed by atoms with Gasteiger partial charge in [0.15, 0.2) is 0 Å². The number of hydrogen-bond donors (Lipinski definition) is 2. The zero-order chi connectivity index (χ0) is 11.7. The van der Waals surface area contributed by atoms with E-state index in [1.165, 1.54) is 6.92 Å². The van der Waals surface area contributed by atoms with Gasteiger partial charge in [-0.15, -0.1) is 0 Å². The maximum Gasteiger partial charge on any atom is 0.309 e. The first-order valence-electron chi connectivity index (χ1n) is 5.19. The Labute approximate surface area is 90.6 Å². The lowest BCUT2D eigenvalue weighted by Gasteiger charge is -2.11. The summed E-state index contributed by atoms with van der Waals surface area (Å²) in [6.07, 6.45) is 0. The van der Waals surface area contributed by atoms with E-state index < -0.39 is 0 Å². The van der Waals surface area contributed by atoms with Crippen LogP contribution in [0.15, 0.2) is 0 Å². The second-order valence-corrected chi connectivity index (χ2v) is 3.34. The topological polar surface area (TPSA) is 67.4 Å². The number of carbonyl (C=O) groups is 2.